The first-order valence-corrected chi connectivity index (χ1v) is 7.41. The van der Waals surface area contributed by atoms with Gasteiger partial charge in [-0.05, 0) is 18.6 Å². The van der Waals surface area contributed by atoms with E-state index in [0.29, 0.717) is 11.6 Å². The van der Waals surface area contributed by atoms with Gasteiger partial charge in [-0.15, -0.1) is 0 Å². The number of amides is 1. The number of hydrogen-bond donors (Lipinski definition) is 2. The molecule has 3 atom stereocenters. The Morgan fingerprint density at radius 2 is 2.15 bits per heavy atom. The van der Waals surface area contributed by atoms with E-state index in [-0.39, 0.29) is 23.9 Å². The largest absolute Gasteiger partial charge is 0.333 e. The van der Waals surface area contributed by atoms with Gasteiger partial charge in [-0.3, -0.25) is 4.79 Å². The minimum atomic E-state index is -0.182. The zero-order valence-corrected chi connectivity index (χ0v) is 12.7. The highest BCUT2D eigenvalue weighted by molar-refractivity contribution is 6.31. The van der Waals surface area contributed by atoms with Crippen molar-refractivity contribution in [3.8, 4) is 0 Å². The molecule has 0 aliphatic carbocycles. The molecule has 1 aliphatic rings. The molecule has 1 fully saturated rings. The molecular formula is C15H22ClN3O. The SMILES string of the molecule is CC(N)C(C)C(=O)N1CCNCC1c1ccccc1Cl. The third-order valence-corrected chi connectivity index (χ3v) is 4.31. The number of piperazine rings is 1. The Morgan fingerprint density at radius 1 is 1.45 bits per heavy atom. The lowest BCUT2D eigenvalue weighted by Crippen LogP contribution is -2.52. The number of halogens is 1. The normalized spacial score (nSPS) is 22.4. The molecule has 1 aromatic rings. The molecule has 110 valence electrons. The molecule has 1 aromatic carbocycles. The van der Waals surface area contributed by atoms with Gasteiger partial charge in [0.1, 0.15) is 0 Å². The van der Waals surface area contributed by atoms with E-state index in [4.69, 9.17) is 17.3 Å². The molecule has 4 nitrogen and oxygen atoms in total. The van der Waals surface area contributed by atoms with Crippen LogP contribution in [0.4, 0.5) is 0 Å². The molecule has 1 aliphatic heterocycles. The van der Waals surface area contributed by atoms with Gasteiger partial charge >= 0.3 is 0 Å². The zero-order chi connectivity index (χ0) is 14.7. The molecule has 1 heterocycles. The zero-order valence-electron chi connectivity index (χ0n) is 12.0. The fraction of sp³-hybridized carbons (Fsp3) is 0.533. The summed E-state index contributed by atoms with van der Waals surface area (Å²) < 4.78 is 0. The molecule has 2 rings (SSSR count). The van der Waals surface area contributed by atoms with Gasteiger partial charge in [0.05, 0.1) is 12.0 Å². The Kier molecular flexibility index (Phi) is 5.02. The van der Waals surface area contributed by atoms with Gasteiger partial charge < -0.3 is 16.0 Å². The number of benzene rings is 1. The van der Waals surface area contributed by atoms with Gasteiger partial charge in [0.25, 0.3) is 0 Å². The topological polar surface area (TPSA) is 58.4 Å². The van der Waals surface area contributed by atoms with Crippen LogP contribution in [-0.4, -0.2) is 36.5 Å². The second-order valence-corrected chi connectivity index (χ2v) is 5.83. The Balaban J connectivity index is 2.26. The highest BCUT2D eigenvalue weighted by Gasteiger charge is 2.32. The van der Waals surface area contributed by atoms with Crippen LogP contribution < -0.4 is 11.1 Å². The summed E-state index contributed by atoms with van der Waals surface area (Å²) in [6.07, 6.45) is 0. The van der Waals surface area contributed by atoms with Crippen LogP contribution in [0.2, 0.25) is 5.02 Å². The van der Waals surface area contributed by atoms with Crippen molar-refractivity contribution in [1.82, 2.24) is 10.2 Å². The van der Waals surface area contributed by atoms with E-state index in [1.807, 2.05) is 43.0 Å². The van der Waals surface area contributed by atoms with Gasteiger partial charge in [0, 0.05) is 30.7 Å². The van der Waals surface area contributed by atoms with E-state index in [2.05, 4.69) is 5.32 Å². The molecule has 0 radical (unpaired) electrons. The number of hydrogen-bond acceptors (Lipinski definition) is 3. The number of carbonyl (C=O) groups is 1. The van der Waals surface area contributed by atoms with Crippen LogP contribution in [0.15, 0.2) is 24.3 Å². The minimum absolute atomic E-state index is 0.0221. The summed E-state index contributed by atoms with van der Waals surface area (Å²) in [6.45, 7) is 5.97. The third kappa shape index (κ3) is 3.14. The van der Waals surface area contributed by atoms with Crippen LogP contribution in [-0.2, 0) is 4.79 Å². The molecule has 0 bridgehead atoms. The van der Waals surface area contributed by atoms with Crippen molar-refractivity contribution in [3.63, 3.8) is 0 Å². The van der Waals surface area contributed by atoms with Crippen LogP contribution in [0.5, 0.6) is 0 Å². The summed E-state index contributed by atoms with van der Waals surface area (Å²) in [5.74, 6) is -0.0792. The van der Waals surface area contributed by atoms with E-state index in [0.717, 1.165) is 18.7 Å². The number of rotatable bonds is 3. The molecule has 20 heavy (non-hydrogen) atoms. The van der Waals surface area contributed by atoms with Crippen molar-refractivity contribution < 1.29 is 4.79 Å². The lowest BCUT2D eigenvalue weighted by molar-refractivity contribution is -0.139. The quantitative estimate of drug-likeness (QED) is 0.894. The van der Waals surface area contributed by atoms with E-state index in [1.165, 1.54) is 0 Å². The molecule has 0 saturated carbocycles. The summed E-state index contributed by atoms with van der Waals surface area (Å²) in [6, 6.07) is 7.53. The molecule has 3 N–H and O–H groups in total. The molecule has 0 spiro atoms. The van der Waals surface area contributed by atoms with Crippen LogP contribution in [0.25, 0.3) is 0 Å². The Bertz CT molecular complexity index is 478. The molecule has 1 saturated heterocycles. The van der Waals surface area contributed by atoms with Crippen molar-refractivity contribution in [3.05, 3.63) is 34.9 Å². The maximum atomic E-state index is 12.6. The summed E-state index contributed by atoms with van der Waals surface area (Å²) in [5, 5.41) is 4.03. The highest BCUT2D eigenvalue weighted by atomic mass is 35.5. The Morgan fingerprint density at radius 3 is 2.80 bits per heavy atom. The average molecular weight is 296 g/mol. The van der Waals surface area contributed by atoms with Gasteiger partial charge in [-0.2, -0.15) is 0 Å². The molecular weight excluding hydrogens is 274 g/mol. The highest BCUT2D eigenvalue weighted by Crippen LogP contribution is 2.29. The lowest BCUT2D eigenvalue weighted by Gasteiger charge is -2.39. The van der Waals surface area contributed by atoms with E-state index >= 15 is 0 Å². The summed E-state index contributed by atoms with van der Waals surface area (Å²) in [4.78, 5) is 14.5. The monoisotopic (exact) mass is 295 g/mol. The first-order chi connectivity index (χ1) is 9.52. The van der Waals surface area contributed by atoms with Gasteiger partial charge in [-0.25, -0.2) is 0 Å². The van der Waals surface area contributed by atoms with E-state index < -0.39 is 0 Å². The lowest BCUT2D eigenvalue weighted by atomic mass is 9.98. The number of nitrogens with zero attached hydrogens (tertiary/aromatic N) is 1. The van der Waals surface area contributed by atoms with Crippen LogP contribution >= 0.6 is 11.6 Å². The molecule has 5 heteroatoms. The first kappa shape index (κ1) is 15.3. The summed E-state index contributed by atoms with van der Waals surface area (Å²) in [7, 11) is 0. The van der Waals surface area contributed by atoms with E-state index in [9.17, 15) is 4.79 Å². The van der Waals surface area contributed by atoms with E-state index in [1.54, 1.807) is 0 Å². The van der Waals surface area contributed by atoms with Gasteiger partial charge in [0.2, 0.25) is 5.91 Å². The fourth-order valence-corrected chi connectivity index (χ4v) is 2.74. The maximum Gasteiger partial charge on any atom is 0.227 e. The van der Waals surface area contributed by atoms with Crippen LogP contribution in [0, 0.1) is 5.92 Å². The predicted octanol–water partition coefficient (Wildman–Crippen LogP) is 1.80. The number of carbonyl (C=O) groups excluding carboxylic acids is 1. The first-order valence-electron chi connectivity index (χ1n) is 7.03. The third-order valence-electron chi connectivity index (χ3n) is 3.97. The Hall–Kier alpha value is -1.10. The number of nitrogens with one attached hydrogen (secondary N) is 1. The summed E-state index contributed by atoms with van der Waals surface area (Å²) in [5.41, 5.74) is 6.86. The van der Waals surface area contributed by atoms with Crippen molar-refractivity contribution in [2.24, 2.45) is 11.7 Å². The molecule has 0 aromatic heterocycles. The van der Waals surface area contributed by atoms with Gasteiger partial charge in [-0.1, -0.05) is 36.7 Å². The smallest absolute Gasteiger partial charge is 0.227 e. The van der Waals surface area contributed by atoms with Gasteiger partial charge in [0.15, 0.2) is 0 Å². The Labute approximate surface area is 125 Å². The molecule has 1 amide bonds. The van der Waals surface area contributed by atoms with Crippen LogP contribution in [0.3, 0.4) is 0 Å². The second kappa shape index (κ2) is 6.57. The molecule has 3 unspecified atom stereocenters. The fourth-order valence-electron chi connectivity index (χ4n) is 2.48. The van der Waals surface area contributed by atoms with Crippen LogP contribution in [0.1, 0.15) is 25.5 Å². The minimum Gasteiger partial charge on any atom is -0.333 e. The van der Waals surface area contributed by atoms with Crippen molar-refractivity contribution in [1.29, 1.82) is 0 Å². The standard InChI is InChI=1S/C15H22ClN3O/c1-10(11(2)17)15(20)19-8-7-18-9-14(19)12-5-3-4-6-13(12)16/h3-6,10-11,14,18H,7-9,17H2,1-2H3. The summed E-state index contributed by atoms with van der Waals surface area (Å²) >= 11 is 6.28. The van der Waals surface area contributed by atoms with Crippen molar-refractivity contribution >= 4 is 17.5 Å². The average Bonchev–Trinajstić information content (AvgIpc) is 2.46. The van der Waals surface area contributed by atoms with Crippen molar-refractivity contribution in [2.45, 2.75) is 25.9 Å². The van der Waals surface area contributed by atoms with Crippen molar-refractivity contribution in [2.75, 3.05) is 19.6 Å². The number of nitrogens with two attached hydrogens (primary N) is 1. The second-order valence-electron chi connectivity index (χ2n) is 5.42. The predicted molar refractivity (Wildman–Crippen MR) is 81.6 cm³/mol. The maximum absolute atomic E-state index is 12.6.